The Morgan fingerprint density at radius 2 is 2.41 bits per heavy atom. The maximum Gasteiger partial charge on any atom is 0.264 e. The molecular weight excluding hydrogens is 256 g/mol. The summed E-state index contributed by atoms with van der Waals surface area (Å²) in [6.45, 7) is 3.53. The van der Waals surface area contributed by atoms with E-state index in [4.69, 9.17) is 5.73 Å². The van der Waals surface area contributed by atoms with Crippen LogP contribution in [0.1, 0.15) is 35.0 Å². The predicted octanol–water partition coefficient (Wildman–Crippen LogP) is 2.30. The van der Waals surface area contributed by atoms with Crippen molar-refractivity contribution in [3.8, 4) is 0 Å². The van der Waals surface area contributed by atoms with Gasteiger partial charge in [0.2, 0.25) is 0 Å². The monoisotopic (exact) mass is 274 g/mol. The minimum absolute atomic E-state index is 0. The fourth-order valence-electron chi connectivity index (χ4n) is 2.28. The third-order valence-corrected chi connectivity index (χ3v) is 4.18. The second-order valence-corrected chi connectivity index (χ2v) is 5.07. The SMILES string of the molecule is CCc1ccsc1C(=O)N1CCCC1CN.Cl. The zero-order chi connectivity index (χ0) is 11.5. The van der Waals surface area contributed by atoms with E-state index in [1.165, 1.54) is 0 Å². The van der Waals surface area contributed by atoms with Crippen LogP contribution < -0.4 is 5.73 Å². The average molecular weight is 275 g/mol. The second kappa shape index (κ2) is 6.38. The van der Waals surface area contributed by atoms with Gasteiger partial charge in [0.1, 0.15) is 0 Å². The standard InChI is InChI=1S/C12H18N2OS.ClH/c1-2-9-5-7-16-11(9)12(15)14-6-3-4-10(14)8-13;/h5,7,10H,2-4,6,8,13H2,1H3;1H. The van der Waals surface area contributed by atoms with Crippen molar-refractivity contribution in [2.45, 2.75) is 32.2 Å². The van der Waals surface area contributed by atoms with Crippen LogP contribution >= 0.6 is 23.7 Å². The number of nitrogens with two attached hydrogens (primary N) is 1. The first-order chi connectivity index (χ1) is 7.77. The summed E-state index contributed by atoms with van der Waals surface area (Å²) in [6.07, 6.45) is 3.06. The zero-order valence-corrected chi connectivity index (χ0v) is 11.6. The quantitative estimate of drug-likeness (QED) is 0.919. The number of halogens is 1. The lowest BCUT2D eigenvalue weighted by atomic mass is 10.2. The van der Waals surface area contributed by atoms with Gasteiger partial charge in [-0.1, -0.05) is 6.92 Å². The summed E-state index contributed by atoms with van der Waals surface area (Å²) < 4.78 is 0. The number of aryl methyl sites for hydroxylation is 1. The lowest BCUT2D eigenvalue weighted by Gasteiger charge is -2.23. The molecule has 0 radical (unpaired) electrons. The van der Waals surface area contributed by atoms with Crippen LogP contribution in [0.2, 0.25) is 0 Å². The van der Waals surface area contributed by atoms with Gasteiger partial charge in [-0.25, -0.2) is 0 Å². The van der Waals surface area contributed by atoms with Crippen LogP contribution in [0.4, 0.5) is 0 Å². The number of nitrogens with zero attached hydrogens (tertiary/aromatic N) is 1. The summed E-state index contributed by atoms with van der Waals surface area (Å²) in [5.41, 5.74) is 6.86. The van der Waals surface area contributed by atoms with E-state index in [0.717, 1.165) is 36.2 Å². The number of amides is 1. The van der Waals surface area contributed by atoms with E-state index in [9.17, 15) is 4.79 Å². The molecule has 1 unspecified atom stereocenters. The molecule has 2 rings (SSSR count). The normalized spacial score (nSPS) is 19.2. The van der Waals surface area contributed by atoms with Crippen molar-refractivity contribution in [3.05, 3.63) is 21.9 Å². The summed E-state index contributed by atoms with van der Waals surface area (Å²) in [5.74, 6) is 0.180. The van der Waals surface area contributed by atoms with Crippen molar-refractivity contribution in [1.82, 2.24) is 4.90 Å². The van der Waals surface area contributed by atoms with Gasteiger partial charge in [-0.15, -0.1) is 23.7 Å². The minimum Gasteiger partial charge on any atom is -0.334 e. The van der Waals surface area contributed by atoms with Crippen LogP contribution in [0.3, 0.4) is 0 Å². The van der Waals surface area contributed by atoms with Crippen LogP contribution in [0.25, 0.3) is 0 Å². The molecule has 0 saturated carbocycles. The van der Waals surface area contributed by atoms with Gasteiger partial charge in [0, 0.05) is 19.1 Å². The van der Waals surface area contributed by atoms with E-state index in [1.807, 2.05) is 16.3 Å². The Kier molecular flexibility index (Phi) is 5.43. The molecule has 0 spiro atoms. The molecule has 1 saturated heterocycles. The van der Waals surface area contributed by atoms with Crippen molar-refractivity contribution < 1.29 is 4.79 Å². The van der Waals surface area contributed by atoms with Gasteiger partial charge in [0.25, 0.3) is 5.91 Å². The molecule has 17 heavy (non-hydrogen) atoms. The molecule has 5 heteroatoms. The Morgan fingerprint density at radius 3 is 3.06 bits per heavy atom. The number of carbonyl (C=O) groups excluding carboxylic acids is 1. The molecule has 1 fully saturated rings. The first-order valence-corrected chi connectivity index (χ1v) is 6.73. The van der Waals surface area contributed by atoms with Gasteiger partial charge in [-0.2, -0.15) is 0 Å². The molecule has 1 amide bonds. The van der Waals surface area contributed by atoms with Gasteiger partial charge in [0.15, 0.2) is 0 Å². The third-order valence-electron chi connectivity index (χ3n) is 3.23. The first kappa shape index (κ1) is 14.5. The molecule has 96 valence electrons. The number of rotatable bonds is 3. The summed E-state index contributed by atoms with van der Waals surface area (Å²) in [4.78, 5) is 15.2. The molecule has 1 aromatic rings. The van der Waals surface area contributed by atoms with Crippen LogP contribution in [-0.2, 0) is 6.42 Å². The highest BCUT2D eigenvalue weighted by atomic mass is 35.5. The van der Waals surface area contributed by atoms with Crippen molar-refractivity contribution >= 4 is 29.7 Å². The highest BCUT2D eigenvalue weighted by Crippen LogP contribution is 2.24. The number of carbonyl (C=O) groups is 1. The Balaban J connectivity index is 0.00000144. The lowest BCUT2D eigenvalue weighted by Crippen LogP contribution is -2.39. The molecule has 1 atom stereocenters. The summed E-state index contributed by atoms with van der Waals surface area (Å²) in [6, 6.07) is 2.30. The fourth-order valence-corrected chi connectivity index (χ4v) is 3.23. The van der Waals surface area contributed by atoms with Crippen molar-refractivity contribution in [2.75, 3.05) is 13.1 Å². The Labute approximate surface area is 112 Å². The molecule has 0 aromatic carbocycles. The maximum atomic E-state index is 12.3. The molecule has 1 aromatic heterocycles. The summed E-state index contributed by atoms with van der Waals surface area (Å²) in [5, 5.41) is 2.00. The van der Waals surface area contributed by atoms with Crippen molar-refractivity contribution in [2.24, 2.45) is 5.73 Å². The van der Waals surface area contributed by atoms with E-state index in [1.54, 1.807) is 11.3 Å². The lowest BCUT2D eigenvalue weighted by molar-refractivity contribution is 0.0745. The number of hydrogen-bond acceptors (Lipinski definition) is 3. The number of hydrogen-bond donors (Lipinski definition) is 1. The van der Waals surface area contributed by atoms with E-state index in [-0.39, 0.29) is 24.4 Å². The Morgan fingerprint density at radius 1 is 1.65 bits per heavy atom. The molecule has 0 aliphatic carbocycles. The Bertz CT molecular complexity index is 380. The van der Waals surface area contributed by atoms with E-state index < -0.39 is 0 Å². The van der Waals surface area contributed by atoms with E-state index in [0.29, 0.717) is 6.54 Å². The van der Waals surface area contributed by atoms with Crippen LogP contribution in [0.15, 0.2) is 11.4 Å². The zero-order valence-electron chi connectivity index (χ0n) is 10.0. The van der Waals surface area contributed by atoms with Gasteiger partial charge in [-0.3, -0.25) is 4.79 Å². The molecule has 1 aliphatic rings. The summed E-state index contributed by atoms with van der Waals surface area (Å²) in [7, 11) is 0. The van der Waals surface area contributed by atoms with Crippen LogP contribution in [-0.4, -0.2) is 29.9 Å². The molecule has 2 heterocycles. The van der Waals surface area contributed by atoms with Crippen molar-refractivity contribution in [1.29, 1.82) is 0 Å². The third kappa shape index (κ3) is 2.81. The van der Waals surface area contributed by atoms with E-state index in [2.05, 4.69) is 6.92 Å². The highest BCUT2D eigenvalue weighted by molar-refractivity contribution is 7.12. The molecule has 3 nitrogen and oxygen atoms in total. The number of likely N-dealkylation sites (tertiary alicyclic amines) is 1. The van der Waals surface area contributed by atoms with Crippen LogP contribution in [0, 0.1) is 0 Å². The highest BCUT2D eigenvalue weighted by Gasteiger charge is 2.29. The first-order valence-electron chi connectivity index (χ1n) is 5.85. The number of thiophene rings is 1. The predicted molar refractivity (Wildman–Crippen MR) is 74.1 cm³/mol. The molecular formula is C12H19ClN2OS. The molecule has 0 bridgehead atoms. The average Bonchev–Trinajstić information content (AvgIpc) is 2.96. The smallest absolute Gasteiger partial charge is 0.264 e. The van der Waals surface area contributed by atoms with Gasteiger partial charge < -0.3 is 10.6 Å². The van der Waals surface area contributed by atoms with Gasteiger partial charge in [-0.05, 0) is 36.3 Å². The van der Waals surface area contributed by atoms with E-state index >= 15 is 0 Å². The van der Waals surface area contributed by atoms with Gasteiger partial charge >= 0.3 is 0 Å². The van der Waals surface area contributed by atoms with Gasteiger partial charge in [0.05, 0.1) is 4.88 Å². The second-order valence-electron chi connectivity index (χ2n) is 4.16. The Hall–Kier alpha value is -0.580. The minimum atomic E-state index is 0. The maximum absolute atomic E-state index is 12.3. The van der Waals surface area contributed by atoms with Crippen LogP contribution in [0.5, 0.6) is 0 Å². The molecule has 1 aliphatic heterocycles. The summed E-state index contributed by atoms with van der Waals surface area (Å²) >= 11 is 1.55. The molecule has 2 N–H and O–H groups in total. The largest absolute Gasteiger partial charge is 0.334 e. The topological polar surface area (TPSA) is 46.3 Å². The van der Waals surface area contributed by atoms with Crippen molar-refractivity contribution in [3.63, 3.8) is 0 Å². The fraction of sp³-hybridized carbons (Fsp3) is 0.583.